The molecule has 0 N–H and O–H groups in total. The Morgan fingerprint density at radius 1 is 1.30 bits per heavy atom. The fourth-order valence-corrected chi connectivity index (χ4v) is 4.02. The van der Waals surface area contributed by atoms with Crippen LogP contribution in [0.5, 0.6) is 0 Å². The van der Waals surface area contributed by atoms with Gasteiger partial charge in [0, 0.05) is 37.4 Å². The van der Waals surface area contributed by atoms with E-state index >= 15 is 0 Å². The van der Waals surface area contributed by atoms with Gasteiger partial charge in [-0.15, -0.1) is 0 Å². The topological polar surface area (TPSA) is 68.1 Å². The summed E-state index contributed by atoms with van der Waals surface area (Å²) >= 11 is 0. The van der Waals surface area contributed by atoms with Crippen molar-refractivity contribution in [1.29, 1.82) is 0 Å². The lowest BCUT2D eigenvalue weighted by atomic mass is 9.95. The highest BCUT2D eigenvalue weighted by Crippen LogP contribution is 2.28. The van der Waals surface area contributed by atoms with E-state index in [9.17, 15) is 8.42 Å². The largest absolute Gasteiger partial charge is 0.264 e. The number of aromatic nitrogens is 3. The minimum atomic E-state index is -3.14. The number of pyridine rings is 1. The summed E-state index contributed by atoms with van der Waals surface area (Å²) in [6.07, 6.45) is 4.89. The predicted molar refractivity (Wildman–Crippen MR) is 89.5 cm³/mol. The van der Waals surface area contributed by atoms with Gasteiger partial charge in [0.15, 0.2) is 0 Å². The van der Waals surface area contributed by atoms with Crippen molar-refractivity contribution in [3.05, 3.63) is 36.2 Å². The van der Waals surface area contributed by atoms with E-state index < -0.39 is 10.0 Å². The van der Waals surface area contributed by atoms with Gasteiger partial charge >= 0.3 is 0 Å². The first-order valence-corrected chi connectivity index (χ1v) is 9.78. The summed E-state index contributed by atoms with van der Waals surface area (Å²) in [5, 5.41) is 4.29. The second-order valence-corrected chi connectivity index (χ2v) is 7.92. The normalized spacial score (nSPS) is 19.8. The summed E-state index contributed by atoms with van der Waals surface area (Å²) in [7, 11) is -3.14. The van der Waals surface area contributed by atoms with E-state index in [0.717, 1.165) is 36.5 Å². The first-order chi connectivity index (χ1) is 11.0. The maximum atomic E-state index is 11.8. The number of hydrogen-bond acceptors (Lipinski definition) is 4. The molecule has 3 rings (SSSR count). The van der Waals surface area contributed by atoms with Crippen molar-refractivity contribution in [2.45, 2.75) is 32.2 Å². The molecule has 1 unspecified atom stereocenters. The van der Waals surface area contributed by atoms with Crippen LogP contribution in [0.3, 0.4) is 0 Å². The molecule has 0 spiro atoms. The zero-order valence-corrected chi connectivity index (χ0v) is 14.3. The molecule has 0 aromatic carbocycles. The SMILES string of the molecule is CCn1nccc1-c1cccc(C2CCCN(S(C)(=O)=O)C2)n1. The molecule has 0 amide bonds. The maximum absolute atomic E-state index is 11.8. The minimum absolute atomic E-state index is 0.149. The van der Waals surface area contributed by atoms with E-state index in [1.165, 1.54) is 6.26 Å². The molecule has 1 saturated heterocycles. The van der Waals surface area contributed by atoms with Crippen LogP contribution in [-0.2, 0) is 16.6 Å². The van der Waals surface area contributed by atoms with Gasteiger partial charge in [-0.2, -0.15) is 5.10 Å². The smallest absolute Gasteiger partial charge is 0.211 e. The van der Waals surface area contributed by atoms with Gasteiger partial charge in [0.2, 0.25) is 10.0 Å². The van der Waals surface area contributed by atoms with E-state index in [1.807, 2.05) is 35.9 Å². The average Bonchev–Trinajstić information content (AvgIpc) is 3.03. The van der Waals surface area contributed by atoms with Crippen LogP contribution in [0.4, 0.5) is 0 Å². The average molecular weight is 334 g/mol. The first kappa shape index (κ1) is 16.1. The lowest BCUT2D eigenvalue weighted by molar-refractivity contribution is 0.314. The minimum Gasteiger partial charge on any atom is -0.264 e. The summed E-state index contributed by atoms with van der Waals surface area (Å²) in [5.74, 6) is 0.149. The fraction of sp³-hybridized carbons (Fsp3) is 0.500. The van der Waals surface area contributed by atoms with Gasteiger partial charge < -0.3 is 0 Å². The highest BCUT2D eigenvalue weighted by Gasteiger charge is 2.27. The Bertz CT molecular complexity index is 785. The molecule has 1 aliphatic rings. The molecule has 23 heavy (non-hydrogen) atoms. The van der Waals surface area contributed by atoms with E-state index in [-0.39, 0.29) is 5.92 Å². The molecule has 1 atom stereocenters. The fourth-order valence-electron chi connectivity index (χ4n) is 3.11. The van der Waals surface area contributed by atoms with Crippen LogP contribution in [-0.4, -0.2) is 46.8 Å². The van der Waals surface area contributed by atoms with E-state index in [4.69, 9.17) is 4.98 Å². The number of sulfonamides is 1. The van der Waals surface area contributed by atoms with Crippen molar-refractivity contribution >= 4 is 10.0 Å². The molecule has 2 aromatic heterocycles. The molecule has 0 saturated carbocycles. The summed E-state index contributed by atoms with van der Waals surface area (Å²) in [5.41, 5.74) is 2.84. The van der Waals surface area contributed by atoms with Crippen molar-refractivity contribution in [2.75, 3.05) is 19.3 Å². The molecule has 2 aromatic rings. The van der Waals surface area contributed by atoms with Crippen molar-refractivity contribution in [3.63, 3.8) is 0 Å². The summed E-state index contributed by atoms with van der Waals surface area (Å²) in [6, 6.07) is 7.92. The van der Waals surface area contributed by atoms with Crippen molar-refractivity contribution in [2.24, 2.45) is 0 Å². The van der Waals surface area contributed by atoms with Crippen molar-refractivity contribution in [1.82, 2.24) is 19.1 Å². The highest BCUT2D eigenvalue weighted by molar-refractivity contribution is 7.88. The molecular formula is C16H22N4O2S. The van der Waals surface area contributed by atoms with Crippen LogP contribution in [0.1, 0.15) is 31.4 Å². The van der Waals surface area contributed by atoms with E-state index in [0.29, 0.717) is 13.1 Å². The Morgan fingerprint density at radius 3 is 2.87 bits per heavy atom. The lowest BCUT2D eigenvalue weighted by Gasteiger charge is -2.30. The Balaban J connectivity index is 1.88. The lowest BCUT2D eigenvalue weighted by Crippen LogP contribution is -2.38. The molecule has 0 radical (unpaired) electrons. The van der Waals surface area contributed by atoms with E-state index in [1.54, 1.807) is 10.5 Å². The summed E-state index contributed by atoms with van der Waals surface area (Å²) in [4.78, 5) is 4.78. The third-order valence-corrected chi connectivity index (χ3v) is 5.59. The van der Waals surface area contributed by atoms with Gasteiger partial charge in [0.25, 0.3) is 0 Å². The van der Waals surface area contributed by atoms with Gasteiger partial charge in [-0.05, 0) is 38.0 Å². The van der Waals surface area contributed by atoms with Crippen LogP contribution in [0.25, 0.3) is 11.4 Å². The Morgan fingerprint density at radius 2 is 2.13 bits per heavy atom. The molecule has 7 heteroatoms. The van der Waals surface area contributed by atoms with Crippen LogP contribution >= 0.6 is 0 Å². The Kier molecular flexibility index (Phi) is 4.50. The van der Waals surface area contributed by atoms with Gasteiger partial charge in [0.1, 0.15) is 0 Å². The standard InChI is InChI=1S/C16H22N4O2S/c1-3-20-16(9-10-17-20)15-8-4-7-14(18-15)13-6-5-11-19(12-13)23(2,21)22/h4,7-10,13H,3,5-6,11-12H2,1-2H3. The number of piperidine rings is 1. The molecule has 1 aliphatic heterocycles. The maximum Gasteiger partial charge on any atom is 0.211 e. The molecular weight excluding hydrogens is 312 g/mol. The monoisotopic (exact) mass is 334 g/mol. The third kappa shape index (κ3) is 3.45. The quantitative estimate of drug-likeness (QED) is 0.859. The molecule has 0 bridgehead atoms. The second kappa shape index (κ2) is 6.41. The van der Waals surface area contributed by atoms with Crippen molar-refractivity contribution in [3.8, 4) is 11.4 Å². The number of hydrogen-bond donors (Lipinski definition) is 0. The molecule has 6 nitrogen and oxygen atoms in total. The van der Waals surface area contributed by atoms with Gasteiger partial charge in [0.05, 0.1) is 17.6 Å². The Labute approximate surface area is 137 Å². The van der Waals surface area contributed by atoms with Crippen LogP contribution in [0.15, 0.2) is 30.5 Å². The number of aryl methyl sites for hydroxylation is 1. The second-order valence-electron chi connectivity index (χ2n) is 5.94. The molecule has 3 heterocycles. The van der Waals surface area contributed by atoms with Crippen LogP contribution in [0.2, 0.25) is 0 Å². The summed E-state index contributed by atoms with van der Waals surface area (Å²) < 4.78 is 27.1. The first-order valence-electron chi connectivity index (χ1n) is 7.93. The zero-order chi connectivity index (χ0) is 16.4. The van der Waals surface area contributed by atoms with E-state index in [2.05, 4.69) is 5.10 Å². The molecule has 0 aliphatic carbocycles. The van der Waals surface area contributed by atoms with Gasteiger partial charge in [-0.25, -0.2) is 12.7 Å². The number of nitrogens with zero attached hydrogens (tertiary/aromatic N) is 4. The number of rotatable bonds is 4. The van der Waals surface area contributed by atoms with Gasteiger partial charge in [-0.1, -0.05) is 6.07 Å². The Hall–Kier alpha value is -1.73. The molecule has 124 valence electrons. The van der Waals surface area contributed by atoms with Crippen LogP contribution < -0.4 is 0 Å². The highest BCUT2D eigenvalue weighted by atomic mass is 32.2. The zero-order valence-electron chi connectivity index (χ0n) is 13.5. The van der Waals surface area contributed by atoms with Crippen molar-refractivity contribution < 1.29 is 8.42 Å². The third-order valence-electron chi connectivity index (χ3n) is 4.32. The van der Waals surface area contributed by atoms with Gasteiger partial charge in [-0.3, -0.25) is 9.67 Å². The predicted octanol–water partition coefficient (Wildman–Crippen LogP) is 2.10. The molecule has 1 fully saturated rings. The van der Waals surface area contributed by atoms with Crippen LogP contribution in [0, 0.1) is 0 Å². The summed E-state index contributed by atoms with van der Waals surface area (Å²) in [6.45, 7) is 3.96.